The van der Waals surface area contributed by atoms with Crippen molar-refractivity contribution in [2.45, 2.75) is 19.0 Å². The van der Waals surface area contributed by atoms with Gasteiger partial charge in [0.1, 0.15) is 5.69 Å². The van der Waals surface area contributed by atoms with Crippen LogP contribution in [-0.4, -0.2) is 35.3 Å². The van der Waals surface area contributed by atoms with Crippen LogP contribution in [0.5, 0.6) is 0 Å². The zero-order valence-electron chi connectivity index (χ0n) is 13.5. The summed E-state index contributed by atoms with van der Waals surface area (Å²) in [6.45, 7) is 2.41. The van der Waals surface area contributed by atoms with E-state index < -0.39 is 11.9 Å². The number of amides is 1. The topological polar surface area (TPSA) is 59.0 Å². The summed E-state index contributed by atoms with van der Waals surface area (Å²) < 4.78 is 39.8. The molecule has 0 spiro atoms. The fourth-order valence-electron chi connectivity index (χ4n) is 2.94. The van der Waals surface area contributed by atoms with Crippen LogP contribution in [0.3, 0.4) is 0 Å². The number of piperidine rings is 1. The predicted octanol–water partition coefficient (Wildman–Crippen LogP) is 2.62. The van der Waals surface area contributed by atoms with Crippen molar-refractivity contribution in [2.75, 3.05) is 19.6 Å². The number of alkyl halides is 3. The first-order valence-corrected chi connectivity index (χ1v) is 8.16. The molecule has 134 valence electrons. The Morgan fingerprint density at radius 3 is 2.92 bits per heavy atom. The van der Waals surface area contributed by atoms with Crippen molar-refractivity contribution in [1.82, 2.24) is 20.4 Å². The van der Waals surface area contributed by atoms with Crippen molar-refractivity contribution in [3.63, 3.8) is 0 Å². The van der Waals surface area contributed by atoms with Crippen molar-refractivity contribution in [3.8, 4) is 5.69 Å². The molecule has 1 atom stereocenters. The highest BCUT2D eigenvalue weighted by Gasteiger charge is 2.35. The molecule has 2 aromatic rings. The van der Waals surface area contributed by atoms with Gasteiger partial charge >= 0.3 is 6.18 Å². The smallest absolute Gasteiger partial charge is 0.352 e. The van der Waals surface area contributed by atoms with Gasteiger partial charge < -0.3 is 10.6 Å². The zero-order chi connectivity index (χ0) is 17.9. The molecule has 2 heterocycles. The van der Waals surface area contributed by atoms with Gasteiger partial charge in [-0.3, -0.25) is 4.79 Å². The molecule has 1 amide bonds. The second-order valence-electron chi connectivity index (χ2n) is 6.10. The normalized spacial score (nSPS) is 18.1. The number of hydrogen-bond donors (Lipinski definition) is 2. The van der Waals surface area contributed by atoms with E-state index in [4.69, 9.17) is 0 Å². The lowest BCUT2D eigenvalue weighted by Gasteiger charge is -2.22. The number of nitrogens with zero attached hydrogens (tertiary/aromatic N) is 2. The first kappa shape index (κ1) is 17.5. The quantitative estimate of drug-likeness (QED) is 0.889. The maximum Gasteiger partial charge on any atom is 0.433 e. The van der Waals surface area contributed by atoms with Gasteiger partial charge in [0.05, 0.1) is 11.9 Å². The highest BCUT2D eigenvalue weighted by molar-refractivity contribution is 5.94. The molecule has 1 aliphatic heterocycles. The Balaban J connectivity index is 1.73. The monoisotopic (exact) mass is 352 g/mol. The molecular weight excluding hydrogens is 333 g/mol. The van der Waals surface area contributed by atoms with Gasteiger partial charge in [0.15, 0.2) is 0 Å². The summed E-state index contributed by atoms with van der Waals surface area (Å²) in [5.41, 5.74) is -0.368. The first-order valence-electron chi connectivity index (χ1n) is 8.16. The summed E-state index contributed by atoms with van der Waals surface area (Å²) in [5, 5.41) is 9.86. The lowest BCUT2D eigenvalue weighted by atomic mass is 9.99. The third-order valence-corrected chi connectivity index (χ3v) is 4.24. The maximum absolute atomic E-state index is 13.0. The molecule has 8 heteroatoms. The van der Waals surface area contributed by atoms with Gasteiger partial charge in [-0.05, 0) is 56.1 Å². The Kier molecular flexibility index (Phi) is 5.08. The van der Waals surface area contributed by atoms with Gasteiger partial charge in [-0.15, -0.1) is 0 Å². The van der Waals surface area contributed by atoms with E-state index in [1.807, 2.05) is 0 Å². The minimum atomic E-state index is -4.51. The van der Waals surface area contributed by atoms with Crippen LogP contribution in [0.1, 0.15) is 28.9 Å². The summed E-state index contributed by atoms with van der Waals surface area (Å²) in [4.78, 5) is 12.3. The summed E-state index contributed by atoms with van der Waals surface area (Å²) in [6, 6.07) is 6.94. The van der Waals surface area contributed by atoms with Crippen molar-refractivity contribution < 1.29 is 18.0 Å². The summed E-state index contributed by atoms with van der Waals surface area (Å²) in [6.07, 6.45) is -1.29. The second-order valence-corrected chi connectivity index (χ2v) is 6.10. The largest absolute Gasteiger partial charge is 0.433 e. The SMILES string of the molecule is O=C(NCC1CCCNC1)c1cccc(-n2nccc2C(F)(F)F)c1. The minimum Gasteiger partial charge on any atom is -0.352 e. The molecule has 25 heavy (non-hydrogen) atoms. The van der Waals surface area contributed by atoms with E-state index in [2.05, 4.69) is 15.7 Å². The highest BCUT2D eigenvalue weighted by Crippen LogP contribution is 2.30. The van der Waals surface area contributed by atoms with Crippen LogP contribution >= 0.6 is 0 Å². The molecule has 1 fully saturated rings. The predicted molar refractivity (Wildman–Crippen MR) is 86.5 cm³/mol. The number of halogens is 3. The maximum atomic E-state index is 13.0. The Morgan fingerprint density at radius 2 is 2.20 bits per heavy atom. The summed E-state index contributed by atoms with van der Waals surface area (Å²) >= 11 is 0. The molecule has 0 radical (unpaired) electrons. The van der Waals surface area contributed by atoms with Crippen molar-refractivity contribution >= 4 is 5.91 Å². The minimum absolute atomic E-state index is 0.198. The fraction of sp³-hybridized carbons (Fsp3) is 0.412. The number of carbonyl (C=O) groups excluding carboxylic acids is 1. The van der Waals surface area contributed by atoms with E-state index in [0.717, 1.165) is 42.9 Å². The fourth-order valence-corrected chi connectivity index (χ4v) is 2.94. The lowest BCUT2D eigenvalue weighted by molar-refractivity contribution is -0.142. The van der Waals surface area contributed by atoms with E-state index >= 15 is 0 Å². The number of hydrogen-bond acceptors (Lipinski definition) is 3. The third kappa shape index (κ3) is 4.19. The van der Waals surface area contributed by atoms with Crippen molar-refractivity contribution in [3.05, 3.63) is 47.8 Å². The van der Waals surface area contributed by atoms with Crippen LogP contribution in [0.25, 0.3) is 5.69 Å². The molecule has 1 aliphatic rings. The van der Waals surface area contributed by atoms with Crippen LogP contribution in [0.15, 0.2) is 36.5 Å². The first-order chi connectivity index (χ1) is 11.9. The average molecular weight is 352 g/mol. The standard InChI is InChI=1S/C17H19F3N4O/c18-17(19,20)15-6-8-23-24(15)14-5-1-4-13(9-14)16(25)22-11-12-3-2-7-21-10-12/h1,4-6,8-9,12,21H,2-3,7,10-11H2,(H,22,25). The van der Waals surface area contributed by atoms with E-state index in [1.54, 1.807) is 12.1 Å². The molecule has 1 aromatic carbocycles. The number of nitrogens with one attached hydrogen (secondary N) is 2. The second kappa shape index (κ2) is 7.26. The number of rotatable bonds is 4. The molecule has 3 rings (SSSR count). The number of carbonyl (C=O) groups is 1. The molecule has 5 nitrogen and oxygen atoms in total. The van der Waals surface area contributed by atoms with Crippen LogP contribution in [0.2, 0.25) is 0 Å². The Hall–Kier alpha value is -2.35. The molecule has 0 aliphatic carbocycles. The van der Waals surface area contributed by atoms with E-state index in [0.29, 0.717) is 18.0 Å². The number of aromatic nitrogens is 2. The van der Waals surface area contributed by atoms with Gasteiger partial charge in [0, 0.05) is 12.1 Å². The molecule has 1 unspecified atom stereocenters. The van der Waals surface area contributed by atoms with Gasteiger partial charge in [-0.25, -0.2) is 4.68 Å². The van der Waals surface area contributed by atoms with Gasteiger partial charge in [-0.2, -0.15) is 18.3 Å². The van der Waals surface area contributed by atoms with Gasteiger partial charge in [-0.1, -0.05) is 6.07 Å². The molecule has 0 bridgehead atoms. The van der Waals surface area contributed by atoms with E-state index in [9.17, 15) is 18.0 Å². The van der Waals surface area contributed by atoms with Crippen LogP contribution < -0.4 is 10.6 Å². The average Bonchev–Trinajstić information content (AvgIpc) is 3.11. The van der Waals surface area contributed by atoms with Crippen molar-refractivity contribution in [2.24, 2.45) is 5.92 Å². The van der Waals surface area contributed by atoms with Crippen LogP contribution in [0, 0.1) is 5.92 Å². The van der Waals surface area contributed by atoms with E-state index in [-0.39, 0.29) is 11.6 Å². The third-order valence-electron chi connectivity index (χ3n) is 4.24. The van der Waals surface area contributed by atoms with Crippen LogP contribution in [-0.2, 0) is 6.18 Å². The Bertz CT molecular complexity index is 735. The molecule has 2 N–H and O–H groups in total. The summed E-state index contributed by atoms with van der Waals surface area (Å²) in [5.74, 6) is 0.0805. The molecule has 1 saturated heterocycles. The zero-order valence-corrected chi connectivity index (χ0v) is 13.5. The number of benzene rings is 1. The van der Waals surface area contributed by atoms with E-state index in [1.165, 1.54) is 12.1 Å². The van der Waals surface area contributed by atoms with Crippen molar-refractivity contribution in [1.29, 1.82) is 0 Å². The lowest BCUT2D eigenvalue weighted by Crippen LogP contribution is -2.38. The van der Waals surface area contributed by atoms with Gasteiger partial charge in [0.25, 0.3) is 5.91 Å². The molecule has 1 aromatic heterocycles. The van der Waals surface area contributed by atoms with Gasteiger partial charge in [0.2, 0.25) is 0 Å². The molecule has 0 saturated carbocycles. The Labute approximate surface area is 143 Å². The van der Waals surface area contributed by atoms with Crippen LogP contribution in [0.4, 0.5) is 13.2 Å². The Morgan fingerprint density at radius 1 is 1.36 bits per heavy atom. The summed E-state index contributed by atoms with van der Waals surface area (Å²) in [7, 11) is 0. The highest BCUT2D eigenvalue weighted by atomic mass is 19.4. The molecular formula is C17H19F3N4O.